The maximum Gasteiger partial charge on any atom is 0.214 e. The summed E-state index contributed by atoms with van der Waals surface area (Å²) in [5.74, 6) is 0.270. The Hall–Kier alpha value is -1.90. The molecule has 0 aliphatic carbocycles. The molecule has 0 spiro atoms. The Morgan fingerprint density at radius 3 is 2.67 bits per heavy atom. The maximum atomic E-state index is 12.6. The van der Waals surface area contributed by atoms with Gasteiger partial charge < -0.3 is 4.74 Å². The molecule has 2 aromatic rings. The molecule has 0 aliphatic rings. The molecule has 0 aliphatic heterocycles. The number of nitrogens with zero attached hydrogens (tertiary/aromatic N) is 1. The Kier molecular flexibility index (Phi) is 2.93. The minimum absolute atomic E-state index is 0.245. The number of hydrogen-bond donors (Lipinski definition) is 0. The minimum atomic E-state index is -0.245. The van der Waals surface area contributed by atoms with Crippen molar-refractivity contribution in [2.45, 2.75) is 6.61 Å². The van der Waals surface area contributed by atoms with Crippen LogP contribution in [0.5, 0.6) is 5.88 Å². The third-order valence-electron chi connectivity index (χ3n) is 1.88. The maximum absolute atomic E-state index is 12.6. The zero-order chi connectivity index (χ0) is 10.5. The highest BCUT2D eigenvalue weighted by Crippen LogP contribution is 2.08. The second-order valence-electron chi connectivity index (χ2n) is 3.02. The van der Waals surface area contributed by atoms with E-state index in [1.54, 1.807) is 30.3 Å². The lowest BCUT2D eigenvalue weighted by atomic mass is 10.2. The number of benzene rings is 1. The molecule has 15 heavy (non-hydrogen) atoms. The van der Waals surface area contributed by atoms with Crippen molar-refractivity contribution in [1.29, 1.82) is 0 Å². The molecule has 2 rings (SSSR count). The molecule has 1 aromatic heterocycles. The molecule has 0 fully saturated rings. The van der Waals surface area contributed by atoms with Gasteiger partial charge >= 0.3 is 0 Å². The molecule has 0 amide bonds. The van der Waals surface area contributed by atoms with E-state index in [1.807, 2.05) is 0 Å². The van der Waals surface area contributed by atoms with Gasteiger partial charge in [0.25, 0.3) is 0 Å². The smallest absolute Gasteiger partial charge is 0.214 e. The average molecular weight is 202 g/mol. The summed E-state index contributed by atoms with van der Waals surface area (Å²) in [6, 6.07) is 11.4. The van der Waals surface area contributed by atoms with Crippen LogP contribution in [-0.4, -0.2) is 4.98 Å². The number of aromatic nitrogens is 1. The molecule has 0 saturated carbocycles. The van der Waals surface area contributed by atoms with Crippen molar-refractivity contribution < 1.29 is 9.13 Å². The first-order valence-corrected chi connectivity index (χ1v) is 4.55. The largest absolute Gasteiger partial charge is 0.473 e. The fourth-order valence-corrected chi connectivity index (χ4v) is 1.13. The van der Waals surface area contributed by atoms with Gasteiger partial charge in [-0.15, -0.1) is 0 Å². The Balaban J connectivity index is 1.96. The topological polar surface area (TPSA) is 22.1 Å². The Labute approximate surface area is 87.4 Å². The summed E-state index contributed by atoms with van der Waals surface area (Å²) >= 11 is 0. The van der Waals surface area contributed by atoms with E-state index in [2.05, 4.69) is 11.2 Å². The van der Waals surface area contributed by atoms with Crippen molar-refractivity contribution in [2.75, 3.05) is 0 Å². The lowest BCUT2D eigenvalue weighted by Gasteiger charge is -2.04. The minimum Gasteiger partial charge on any atom is -0.473 e. The Bertz CT molecular complexity index is 413. The zero-order valence-corrected chi connectivity index (χ0v) is 7.98. The van der Waals surface area contributed by atoms with Crippen LogP contribution in [-0.2, 0) is 6.61 Å². The van der Waals surface area contributed by atoms with Crippen molar-refractivity contribution in [1.82, 2.24) is 4.98 Å². The summed E-state index contributed by atoms with van der Waals surface area (Å²) in [4.78, 5) is 3.89. The van der Waals surface area contributed by atoms with Crippen molar-refractivity contribution in [3.63, 3.8) is 0 Å². The molecule has 0 atom stereocenters. The summed E-state index contributed by atoms with van der Waals surface area (Å²) in [7, 11) is 0. The molecule has 1 radical (unpaired) electrons. The van der Waals surface area contributed by atoms with Gasteiger partial charge in [-0.1, -0.05) is 18.2 Å². The first-order chi connectivity index (χ1) is 7.34. The summed E-state index contributed by atoms with van der Waals surface area (Å²) in [5.41, 5.74) is 0.905. The molecule has 0 bridgehead atoms. The van der Waals surface area contributed by atoms with Crippen molar-refractivity contribution in [3.05, 3.63) is 60.0 Å². The molecule has 2 nitrogen and oxygen atoms in total. The van der Waals surface area contributed by atoms with Crippen LogP contribution in [0.4, 0.5) is 4.39 Å². The van der Waals surface area contributed by atoms with Crippen LogP contribution in [0.25, 0.3) is 0 Å². The summed E-state index contributed by atoms with van der Waals surface area (Å²) in [6.07, 6.45) is 2.67. The van der Waals surface area contributed by atoms with Gasteiger partial charge in [0.2, 0.25) is 5.88 Å². The van der Waals surface area contributed by atoms with Crippen LogP contribution < -0.4 is 4.74 Å². The average Bonchev–Trinajstić information content (AvgIpc) is 2.30. The molecule has 0 unspecified atom stereocenters. The fourth-order valence-electron chi connectivity index (χ4n) is 1.13. The van der Waals surface area contributed by atoms with Crippen LogP contribution >= 0.6 is 0 Å². The van der Waals surface area contributed by atoms with E-state index in [4.69, 9.17) is 4.74 Å². The van der Waals surface area contributed by atoms with Gasteiger partial charge in [0.1, 0.15) is 12.4 Å². The fraction of sp³-hybridized carbons (Fsp3) is 0.0833. The lowest BCUT2D eigenvalue weighted by Crippen LogP contribution is -1.96. The van der Waals surface area contributed by atoms with Crippen LogP contribution in [0.3, 0.4) is 0 Å². The molecule has 1 aromatic carbocycles. The molecular weight excluding hydrogens is 193 g/mol. The third-order valence-corrected chi connectivity index (χ3v) is 1.88. The predicted octanol–water partition coefficient (Wildman–Crippen LogP) is 2.60. The highest BCUT2D eigenvalue weighted by Gasteiger charge is 1.96. The summed E-state index contributed by atoms with van der Waals surface area (Å²) in [6.45, 7) is 0.380. The van der Waals surface area contributed by atoms with Gasteiger partial charge in [-0.25, -0.2) is 9.37 Å². The van der Waals surface area contributed by atoms with E-state index in [0.29, 0.717) is 12.5 Å². The summed E-state index contributed by atoms with van der Waals surface area (Å²) in [5, 5.41) is 0. The molecule has 0 saturated heterocycles. The molecule has 0 N–H and O–H groups in total. The van der Waals surface area contributed by atoms with E-state index in [9.17, 15) is 4.39 Å². The van der Waals surface area contributed by atoms with E-state index >= 15 is 0 Å². The predicted molar refractivity (Wildman–Crippen MR) is 53.8 cm³/mol. The summed E-state index contributed by atoms with van der Waals surface area (Å²) < 4.78 is 18.0. The highest BCUT2D eigenvalue weighted by molar-refractivity contribution is 5.16. The Morgan fingerprint density at radius 2 is 2.00 bits per heavy atom. The normalized spacial score (nSPS) is 9.93. The van der Waals surface area contributed by atoms with Gasteiger partial charge in [0.05, 0.1) is 6.20 Å². The molecule has 1 heterocycles. The van der Waals surface area contributed by atoms with Gasteiger partial charge in [-0.2, -0.15) is 0 Å². The standard InChI is InChI=1S/C12H9FNO/c13-11-6-4-10(5-7-11)9-15-12-3-1-2-8-14-12/h1-7H,9H2. The van der Waals surface area contributed by atoms with Crippen LogP contribution in [0, 0.1) is 12.0 Å². The number of halogens is 1. The number of pyridine rings is 1. The van der Waals surface area contributed by atoms with Crippen LogP contribution in [0.15, 0.2) is 42.5 Å². The number of ether oxygens (including phenoxy) is 1. The van der Waals surface area contributed by atoms with Crippen molar-refractivity contribution in [2.24, 2.45) is 0 Å². The molecule has 75 valence electrons. The van der Waals surface area contributed by atoms with Crippen molar-refractivity contribution >= 4 is 0 Å². The zero-order valence-electron chi connectivity index (χ0n) is 7.98. The monoisotopic (exact) mass is 202 g/mol. The molecular formula is C12H9FNO. The van der Waals surface area contributed by atoms with Gasteiger partial charge in [0, 0.05) is 6.07 Å². The van der Waals surface area contributed by atoms with E-state index in [-0.39, 0.29) is 5.82 Å². The second kappa shape index (κ2) is 4.55. The highest BCUT2D eigenvalue weighted by atomic mass is 19.1. The number of hydrogen-bond acceptors (Lipinski definition) is 2. The third kappa shape index (κ3) is 2.77. The van der Waals surface area contributed by atoms with E-state index in [1.165, 1.54) is 12.1 Å². The number of rotatable bonds is 3. The van der Waals surface area contributed by atoms with Gasteiger partial charge in [-0.3, -0.25) is 0 Å². The van der Waals surface area contributed by atoms with Crippen molar-refractivity contribution in [3.8, 4) is 5.88 Å². The SMILES string of the molecule is Fc1ccc(COc2ccc[c]n2)cc1. The first kappa shape index (κ1) is 9.65. The van der Waals surface area contributed by atoms with E-state index < -0.39 is 0 Å². The quantitative estimate of drug-likeness (QED) is 0.763. The first-order valence-electron chi connectivity index (χ1n) is 4.55. The second-order valence-corrected chi connectivity index (χ2v) is 3.02. The van der Waals surface area contributed by atoms with Gasteiger partial charge in [0.15, 0.2) is 0 Å². The van der Waals surface area contributed by atoms with Crippen LogP contribution in [0.1, 0.15) is 5.56 Å². The Morgan fingerprint density at radius 1 is 1.20 bits per heavy atom. The van der Waals surface area contributed by atoms with Crippen LogP contribution in [0.2, 0.25) is 0 Å². The van der Waals surface area contributed by atoms with Gasteiger partial charge in [-0.05, 0) is 23.8 Å². The molecule has 3 heteroatoms. The van der Waals surface area contributed by atoms with E-state index in [0.717, 1.165) is 5.56 Å². The lowest BCUT2D eigenvalue weighted by molar-refractivity contribution is 0.293.